The molecule has 156 valence electrons. The van der Waals surface area contributed by atoms with Gasteiger partial charge in [0.2, 0.25) is 0 Å². The highest BCUT2D eigenvalue weighted by molar-refractivity contribution is 7.14. The number of benzene rings is 2. The molecule has 1 N–H and O–H groups in total. The summed E-state index contributed by atoms with van der Waals surface area (Å²) in [4.78, 5) is 18.8. The number of carbonyl (C=O) groups excluding carboxylic acids is 1. The van der Waals surface area contributed by atoms with E-state index in [1.165, 1.54) is 0 Å². The van der Waals surface area contributed by atoms with Crippen molar-refractivity contribution in [3.63, 3.8) is 0 Å². The zero-order valence-corrected chi connectivity index (χ0v) is 18.2. The lowest BCUT2D eigenvalue weighted by Crippen LogP contribution is -2.27. The molecular formula is C25H22N2O3S. The first-order valence-electron chi connectivity index (χ1n) is 10.3. The summed E-state index contributed by atoms with van der Waals surface area (Å²) in [5.41, 5.74) is 4.36. The summed E-state index contributed by atoms with van der Waals surface area (Å²) in [5.74, 6) is 1.43. The number of hydrogen-bond acceptors (Lipinski definition) is 5. The van der Waals surface area contributed by atoms with Crippen molar-refractivity contribution in [1.29, 1.82) is 0 Å². The highest BCUT2D eigenvalue weighted by Gasteiger charge is 2.23. The van der Waals surface area contributed by atoms with Crippen LogP contribution in [0.5, 0.6) is 11.5 Å². The molecule has 4 aromatic rings. The summed E-state index contributed by atoms with van der Waals surface area (Å²) in [6, 6.07) is 17.5. The minimum atomic E-state index is -0.202. The van der Waals surface area contributed by atoms with Gasteiger partial charge >= 0.3 is 0 Å². The van der Waals surface area contributed by atoms with Crippen molar-refractivity contribution in [2.24, 2.45) is 0 Å². The molecule has 5 nitrogen and oxygen atoms in total. The lowest BCUT2D eigenvalue weighted by atomic mass is 10.0. The lowest BCUT2D eigenvalue weighted by Gasteiger charge is -2.19. The van der Waals surface area contributed by atoms with E-state index in [9.17, 15) is 4.79 Å². The van der Waals surface area contributed by atoms with E-state index in [2.05, 4.69) is 11.4 Å². The average molecular weight is 431 g/mol. The molecule has 2 aromatic heterocycles. The maximum absolute atomic E-state index is 12.9. The fourth-order valence-corrected chi connectivity index (χ4v) is 4.79. The van der Waals surface area contributed by atoms with Crippen molar-refractivity contribution < 1.29 is 14.3 Å². The Kier molecular flexibility index (Phi) is 5.08. The normalized spacial score (nSPS) is 13.7. The zero-order valence-electron chi connectivity index (χ0n) is 17.3. The number of carbonyl (C=O) groups is 1. The van der Waals surface area contributed by atoms with Gasteiger partial charge in [-0.05, 0) is 43.2 Å². The van der Waals surface area contributed by atoms with Gasteiger partial charge in [-0.2, -0.15) is 0 Å². The molecular weight excluding hydrogens is 408 g/mol. The van der Waals surface area contributed by atoms with Crippen molar-refractivity contribution in [3.05, 3.63) is 76.7 Å². The van der Waals surface area contributed by atoms with Crippen LogP contribution >= 0.6 is 11.3 Å². The van der Waals surface area contributed by atoms with Gasteiger partial charge in [0.25, 0.3) is 5.91 Å². The summed E-state index contributed by atoms with van der Waals surface area (Å²) in [7, 11) is 0. The minimum absolute atomic E-state index is 0.0849. The topological polar surface area (TPSA) is 60.5 Å². The molecule has 0 fully saturated rings. The predicted octanol–water partition coefficient (Wildman–Crippen LogP) is 5.53. The molecule has 3 heterocycles. The van der Waals surface area contributed by atoms with E-state index in [4.69, 9.17) is 14.5 Å². The molecule has 31 heavy (non-hydrogen) atoms. The highest BCUT2D eigenvalue weighted by atomic mass is 32.1. The molecule has 0 saturated carbocycles. The number of aryl methyl sites for hydroxylation is 1. The number of thiophene rings is 1. The molecule has 1 aliphatic heterocycles. The van der Waals surface area contributed by atoms with Gasteiger partial charge in [-0.25, -0.2) is 4.98 Å². The van der Waals surface area contributed by atoms with E-state index in [1.807, 2.05) is 67.8 Å². The standard InChI is InChI=1S/C25H22N2O3S/c1-15-7-3-4-8-17(15)25(28)26-16(2)19-13-21(27-20-10-6-5-9-18(19)20)24-23-22(14-31-24)29-11-12-30-23/h3-10,13-14,16H,11-12H2,1-2H3,(H,26,28). The minimum Gasteiger partial charge on any atom is -0.485 e. The van der Waals surface area contributed by atoms with Gasteiger partial charge in [0.15, 0.2) is 11.5 Å². The molecule has 1 aliphatic rings. The zero-order chi connectivity index (χ0) is 21.4. The number of fused-ring (bicyclic) bond motifs is 2. The first-order valence-corrected chi connectivity index (χ1v) is 11.1. The smallest absolute Gasteiger partial charge is 0.252 e. The van der Waals surface area contributed by atoms with E-state index in [-0.39, 0.29) is 11.9 Å². The van der Waals surface area contributed by atoms with E-state index in [0.717, 1.165) is 44.1 Å². The first-order chi connectivity index (χ1) is 15.1. The molecule has 0 saturated heterocycles. The second kappa shape index (κ2) is 8.04. The van der Waals surface area contributed by atoms with E-state index >= 15 is 0 Å². The Labute approximate surface area is 184 Å². The van der Waals surface area contributed by atoms with E-state index < -0.39 is 0 Å². The molecule has 1 atom stereocenters. The van der Waals surface area contributed by atoms with Crippen molar-refractivity contribution >= 4 is 28.1 Å². The summed E-state index contributed by atoms with van der Waals surface area (Å²) >= 11 is 1.56. The first kappa shape index (κ1) is 19.6. The molecule has 0 aliphatic carbocycles. The molecule has 2 aromatic carbocycles. The second-order valence-electron chi connectivity index (χ2n) is 7.58. The fourth-order valence-electron chi connectivity index (χ4n) is 3.90. The lowest BCUT2D eigenvalue weighted by molar-refractivity contribution is 0.0939. The van der Waals surface area contributed by atoms with Crippen LogP contribution in [-0.4, -0.2) is 24.1 Å². The number of nitrogens with one attached hydrogen (secondary N) is 1. The van der Waals surface area contributed by atoms with Gasteiger partial charge in [0.1, 0.15) is 13.2 Å². The number of amides is 1. The SMILES string of the molecule is Cc1ccccc1C(=O)NC(C)c1cc(-c2scc3c2OCCO3)nc2ccccc12. The number of pyridine rings is 1. The third-order valence-electron chi connectivity index (χ3n) is 5.49. The van der Waals surface area contributed by atoms with Crippen molar-refractivity contribution in [2.45, 2.75) is 19.9 Å². The van der Waals surface area contributed by atoms with Crippen LogP contribution in [0.25, 0.3) is 21.5 Å². The Morgan fingerprint density at radius 1 is 1.10 bits per heavy atom. The van der Waals surface area contributed by atoms with Crippen molar-refractivity contribution in [1.82, 2.24) is 10.3 Å². The van der Waals surface area contributed by atoms with Gasteiger partial charge < -0.3 is 14.8 Å². The maximum Gasteiger partial charge on any atom is 0.252 e. The summed E-state index contributed by atoms with van der Waals surface area (Å²) < 4.78 is 11.6. The summed E-state index contributed by atoms with van der Waals surface area (Å²) in [6.07, 6.45) is 0. The van der Waals surface area contributed by atoms with Crippen LogP contribution < -0.4 is 14.8 Å². The Balaban J connectivity index is 1.56. The second-order valence-corrected chi connectivity index (χ2v) is 8.46. The monoisotopic (exact) mass is 430 g/mol. The Hall–Kier alpha value is -3.38. The van der Waals surface area contributed by atoms with Crippen molar-refractivity contribution in [3.8, 4) is 22.1 Å². The third kappa shape index (κ3) is 3.64. The van der Waals surface area contributed by atoms with Gasteiger partial charge in [0.05, 0.1) is 22.1 Å². The van der Waals surface area contributed by atoms with Crippen molar-refractivity contribution in [2.75, 3.05) is 13.2 Å². The number of nitrogens with zero attached hydrogens (tertiary/aromatic N) is 1. The van der Waals surface area contributed by atoms with Crippen LogP contribution in [0.1, 0.15) is 34.5 Å². The molecule has 6 heteroatoms. The molecule has 0 spiro atoms. The van der Waals surface area contributed by atoms with Crippen LogP contribution in [0.4, 0.5) is 0 Å². The molecule has 5 rings (SSSR count). The largest absolute Gasteiger partial charge is 0.485 e. The number of rotatable bonds is 4. The summed E-state index contributed by atoms with van der Waals surface area (Å²) in [6.45, 7) is 5.04. The molecule has 0 bridgehead atoms. The number of para-hydroxylation sites is 1. The Morgan fingerprint density at radius 3 is 2.74 bits per heavy atom. The van der Waals surface area contributed by atoms with Gasteiger partial charge in [0, 0.05) is 16.3 Å². The van der Waals surface area contributed by atoms with Crippen LogP contribution in [0.3, 0.4) is 0 Å². The number of ether oxygens (including phenoxy) is 2. The Morgan fingerprint density at radius 2 is 1.87 bits per heavy atom. The van der Waals surface area contributed by atoms with Gasteiger partial charge in [-0.15, -0.1) is 11.3 Å². The molecule has 1 amide bonds. The van der Waals surface area contributed by atoms with E-state index in [1.54, 1.807) is 11.3 Å². The molecule has 1 unspecified atom stereocenters. The average Bonchev–Trinajstić information content (AvgIpc) is 3.22. The van der Waals surface area contributed by atoms with Gasteiger partial charge in [-0.3, -0.25) is 4.79 Å². The highest BCUT2D eigenvalue weighted by Crippen LogP contribution is 2.45. The quantitative estimate of drug-likeness (QED) is 0.462. The predicted molar refractivity (Wildman–Crippen MR) is 123 cm³/mol. The maximum atomic E-state index is 12.9. The number of hydrogen-bond donors (Lipinski definition) is 1. The van der Waals surface area contributed by atoms with Gasteiger partial charge in [-0.1, -0.05) is 36.4 Å². The Bertz CT molecular complexity index is 1280. The van der Waals surface area contributed by atoms with E-state index in [0.29, 0.717) is 18.8 Å². The molecule has 0 radical (unpaired) electrons. The third-order valence-corrected chi connectivity index (χ3v) is 6.45. The van der Waals surface area contributed by atoms with Crippen LogP contribution in [-0.2, 0) is 0 Å². The van der Waals surface area contributed by atoms with Crippen LogP contribution in [0.15, 0.2) is 60.0 Å². The fraction of sp³-hybridized carbons (Fsp3) is 0.200. The van der Waals surface area contributed by atoms with Crippen LogP contribution in [0.2, 0.25) is 0 Å². The number of aromatic nitrogens is 1. The van der Waals surface area contributed by atoms with Crippen LogP contribution in [0, 0.1) is 6.92 Å². The summed E-state index contributed by atoms with van der Waals surface area (Å²) in [5, 5.41) is 6.14.